The maximum Gasteiger partial charge on any atom is 0.270 e. The summed E-state index contributed by atoms with van der Waals surface area (Å²) < 4.78 is 1.90. The van der Waals surface area contributed by atoms with Gasteiger partial charge in [-0.05, 0) is 35.7 Å². The molecule has 1 N–H and O–H groups in total. The molecule has 136 valence electrons. The van der Waals surface area contributed by atoms with E-state index in [0.717, 1.165) is 27.7 Å². The molecule has 0 saturated heterocycles. The van der Waals surface area contributed by atoms with Gasteiger partial charge in [0, 0.05) is 22.3 Å². The number of nitrogens with one attached hydrogen (secondary N) is 1. The van der Waals surface area contributed by atoms with E-state index in [4.69, 9.17) is 16.6 Å². The lowest BCUT2D eigenvalue weighted by atomic mass is 10.0. The van der Waals surface area contributed by atoms with Crippen LogP contribution in [-0.2, 0) is 4.79 Å². The van der Waals surface area contributed by atoms with Crippen LogP contribution < -0.4 is 5.32 Å². The first-order valence-electron chi connectivity index (χ1n) is 9.00. The number of amides is 1. The Morgan fingerprint density at radius 3 is 2.57 bits per heavy atom. The number of benzene rings is 3. The summed E-state index contributed by atoms with van der Waals surface area (Å²) in [5, 5.41) is 4.68. The van der Waals surface area contributed by atoms with Crippen LogP contribution in [0.3, 0.4) is 0 Å². The first-order valence-corrected chi connectivity index (χ1v) is 9.38. The molecule has 0 spiro atoms. The third kappa shape index (κ3) is 2.79. The third-order valence-electron chi connectivity index (χ3n) is 4.92. The Morgan fingerprint density at radius 2 is 1.71 bits per heavy atom. The van der Waals surface area contributed by atoms with Crippen molar-refractivity contribution >= 4 is 39.8 Å². The molecule has 4 aromatic rings. The standard InChI is InChI=1S/C23H16ClN3O/c24-17-10-11-19-18(14-17)21(16-7-2-1-3-8-16)26-22(23(28)25-19)27-13-12-15-6-4-5-9-20(15)27/h1-14,22H,(H,25,28)/t22-/m0/s1. The minimum absolute atomic E-state index is 0.184. The van der Waals surface area contributed by atoms with Crippen molar-refractivity contribution in [2.75, 3.05) is 5.32 Å². The van der Waals surface area contributed by atoms with Gasteiger partial charge < -0.3 is 9.88 Å². The minimum Gasteiger partial charge on any atom is -0.322 e. The number of hydrogen-bond acceptors (Lipinski definition) is 2. The monoisotopic (exact) mass is 385 g/mol. The van der Waals surface area contributed by atoms with E-state index >= 15 is 0 Å². The van der Waals surface area contributed by atoms with Crippen molar-refractivity contribution in [1.29, 1.82) is 0 Å². The number of fused-ring (bicyclic) bond motifs is 2. The van der Waals surface area contributed by atoms with Crippen LogP contribution in [0.2, 0.25) is 5.02 Å². The molecular formula is C23H16ClN3O. The average molecular weight is 386 g/mol. The van der Waals surface area contributed by atoms with Crippen molar-refractivity contribution < 1.29 is 4.79 Å². The van der Waals surface area contributed by atoms with Gasteiger partial charge in [0.1, 0.15) is 0 Å². The number of hydrogen-bond donors (Lipinski definition) is 1. The summed E-state index contributed by atoms with van der Waals surface area (Å²) in [5.41, 5.74) is 4.15. The number of anilines is 1. The number of para-hydroxylation sites is 1. The first-order chi connectivity index (χ1) is 13.7. The quantitative estimate of drug-likeness (QED) is 0.501. The fourth-order valence-corrected chi connectivity index (χ4v) is 3.77. The summed E-state index contributed by atoms with van der Waals surface area (Å²) in [6, 6.07) is 25.3. The lowest BCUT2D eigenvalue weighted by Gasteiger charge is -2.14. The van der Waals surface area contributed by atoms with Gasteiger partial charge in [0.15, 0.2) is 0 Å². The van der Waals surface area contributed by atoms with E-state index in [0.29, 0.717) is 10.7 Å². The van der Waals surface area contributed by atoms with Crippen molar-refractivity contribution in [3.05, 3.63) is 101 Å². The molecule has 1 aliphatic heterocycles. The molecular weight excluding hydrogens is 370 g/mol. The van der Waals surface area contributed by atoms with Crippen LogP contribution in [-0.4, -0.2) is 16.2 Å². The Labute approximate surface area is 167 Å². The van der Waals surface area contributed by atoms with Crippen LogP contribution in [0.15, 0.2) is 90.1 Å². The number of aromatic nitrogens is 1. The number of carbonyl (C=O) groups excluding carboxylic acids is 1. The summed E-state index contributed by atoms with van der Waals surface area (Å²) >= 11 is 6.26. The zero-order valence-corrected chi connectivity index (χ0v) is 15.6. The summed E-state index contributed by atoms with van der Waals surface area (Å²) in [6.45, 7) is 0. The van der Waals surface area contributed by atoms with E-state index in [9.17, 15) is 4.79 Å². The zero-order chi connectivity index (χ0) is 19.1. The third-order valence-corrected chi connectivity index (χ3v) is 5.16. The normalized spacial score (nSPS) is 16.2. The topological polar surface area (TPSA) is 46.4 Å². The number of carbonyl (C=O) groups is 1. The average Bonchev–Trinajstić information content (AvgIpc) is 3.09. The molecule has 3 aromatic carbocycles. The minimum atomic E-state index is -0.721. The lowest BCUT2D eigenvalue weighted by Crippen LogP contribution is -2.23. The molecule has 28 heavy (non-hydrogen) atoms. The molecule has 0 fully saturated rings. The maximum atomic E-state index is 13.1. The molecule has 1 aromatic heterocycles. The van der Waals surface area contributed by atoms with Gasteiger partial charge in [-0.25, -0.2) is 4.99 Å². The van der Waals surface area contributed by atoms with Gasteiger partial charge in [-0.3, -0.25) is 4.79 Å². The largest absolute Gasteiger partial charge is 0.322 e. The Bertz CT molecular complexity index is 1230. The zero-order valence-electron chi connectivity index (χ0n) is 14.8. The molecule has 0 saturated carbocycles. The van der Waals surface area contributed by atoms with Crippen LogP contribution in [0.5, 0.6) is 0 Å². The van der Waals surface area contributed by atoms with Gasteiger partial charge in [-0.2, -0.15) is 0 Å². The molecule has 0 radical (unpaired) electrons. The number of aliphatic imine (C=N–C) groups is 1. The first kappa shape index (κ1) is 16.8. The lowest BCUT2D eigenvalue weighted by molar-refractivity contribution is -0.118. The Balaban J connectivity index is 1.75. The van der Waals surface area contributed by atoms with Crippen molar-refractivity contribution in [1.82, 2.24) is 4.57 Å². The predicted molar refractivity (Wildman–Crippen MR) is 113 cm³/mol. The molecule has 0 aliphatic carbocycles. The second kappa shape index (κ2) is 6.66. The van der Waals surface area contributed by atoms with Gasteiger partial charge in [-0.15, -0.1) is 0 Å². The summed E-state index contributed by atoms with van der Waals surface area (Å²) in [4.78, 5) is 18.0. The maximum absolute atomic E-state index is 13.1. The van der Waals surface area contributed by atoms with Crippen molar-refractivity contribution in [3.63, 3.8) is 0 Å². The molecule has 1 atom stereocenters. The van der Waals surface area contributed by atoms with Crippen molar-refractivity contribution in [2.45, 2.75) is 6.17 Å². The fraction of sp³-hybridized carbons (Fsp3) is 0.0435. The van der Waals surface area contributed by atoms with E-state index in [1.807, 2.05) is 83.6 Å². The highest BCUT2D eigenvalue weighted by atomic mass is 35.5. The molecule has 1 amide bonds. The second-order valence-corrected chi connectivity index (χ2v) is 7.11. The highest BCUT2D eigenvalue weighted by Crippen LogP contribution is 2.31. The molecule has 0 unspecified atom stereocenters. The van der Waals surface area contributed by atoms with Crippen molar-refractivity contribution in [2.24, 2.45) is 4.99 Å². The van der Waals surface area contributed by atoms with E-state index in [1.54, 1.807) is 6.07 Å². The van der Waals surface area contributed by atoms with E-state index < -0.39 is 6.17 Å². The SMILES string of the molecule is O=C1Nc2ccc(Cl)cc2C(c2ccccc2)=N[C@H]1n1ccc2ccccc21. The van der Waals surface area contributed by atoms with E-state index in [-0.39, 0.29) is 5.91 Å². The predicted octanol–water partition coefficient (Wildman–Crippen LogP) is 5.28. The Kier molecular flexibility index (Phi) is 3.99. The van der Waals surface area contributed by atoms with Gasteiger partial charge in [0.25, 0.3) is 5.91 Å². The van der Waals surface area contributed by atoms with Crippen LogP contribution in [0.4, 0.5) is 5.69 Å². The van der Waals surface area contributed by atoms with Gasteiger partial charge >= 0.3 is 0 Å². The van der Waals surface area contributed by atoms with Crippen LogP contribution in [0.1, 0.15) is 17.3 Å². The number of halogens is 1. The molecule has 4 nitrogen and oxygen atoms in total. The van der Waals surface area contributed by atoms with Crippen LogP contribution in [0.25, 0.3) is 10.9 Å². The number of rotatable bonds is 2. The summed E-state index contributed by atoms with van der Waals surface area (Å²) in [5.74, 6) is -0.184. The van der Waals surface area contributed by atoms with E-state index in [1.165, 1.54) is 0 Å². The van der Waals surface area contributed by atoms with Crippen LogP contribution >= 0.6 is 11.6 Å². The molecule has 5 heteroatoms. The molecule has 2 heterocycles. The summed E-state index contributed by atoms with van der Waals surface area (Å²) in [6.07, 6.45) is 1.19. The summed E-state index contributed by atoms with van der Waals surface area (Å²) in [7, 11) is 0. The molecule has 1 aliphatic rings. The highest BCUT2D eigenvalue weighted by molar-refractivity contribution is 6.32. The molecule has 5 rings (SSSR count). The van der Waals surface area contributed by atoms with Crippen molar-refractivity contribution in [3.8, 4) is 0 Å². The van der Waals surface area contributed by atoms with Gasteiger partial charge in [0.2, 0.25) is 6.17 Å². The van der Waals surface area contributed by atoms with Crippen LogP contribution in [0, 0.1) is 0 Å². The molecule has 0 bridgehead atoms. The van der Waals surface area contributed by atoms with E-state index in [2.05, 4.69) is 5.32 Å². The highest BCUT2D eigenvalue weighted by Gasteiger charge is 2.27. The van der Waals surface area contributed by atoms with Gasteiger partial charge in [-0.1, -0.05) is 60.1 Å². The smallest absolute Gasteiger partial charge is 0.270 e. The second-order valence-electron chi connectivity index (χ2n) is 6.68. The Hall–Kier alpha value is -3.37. The number of benzodiazepines with no additional fused rings is 1. The Morgan fingerprint density at radius 1 is 0.929 bits per heavy atom. The number of nitrogens with zero attached hydrogens (tertiary/aromatic N) is 2. The fourth-order valence-electron chi connectivity index (χ4n) is 3.60. The van der Waals surface area contributed by atoms with Gasteiger partial charge in [0.05, 0.1) is 16.9 Å².